The molecule has 2 rings (SSSR count). The van der Waals surface area contributed by atoms with Gasteiger partial charge in [0.2, 0.25) is 5.75 Å². The maximum absolute atomic E-state index is 11.7. The van der Waals surface area contributed by atoms with Gasteiger partial charge in [0, 0.05) is 16.3 Å². The number of halogens is 1. The molecule has 0 atom stereocenters. The van der Waals surface area contributed by atoms with E-state index >= 15 is 0 Å². The van der Waals surface area contributed by atoms with E-state index in [1.807, 2.05) is 25.1 Å². The molecule has 0 bridgehead atoms. The zero-order valence-corrected chi connectivity index (χ0v) is 10.4. The Morgan fingerprint density at radius 1 is 1.38 bits per heavy atom. The molecular weight excluding hydrogens is 272 g/mol. The summed E-state index contributed by atoms with van der Waals surface area (Å²) in [5, 5.41) is 1.59. The second-order valence-corrected chi connectivity index (χ2v) is 4.17. The molecule has 16 heavy (non-hydrogen) atoms. The summed E-state index contributed by atoms with van der Waals surface area (Å²) in [7, 11) is 0. The van der Waals surface area contributed by atoms with Crippen LogP contribution in [0, 0.1) is 6.92 Å². The predicted octanol–water partition coefficient (Wildman–Crippen LogP) is 2.88. The van der Waals surface area contributed by atoms with Crippen LogP contribution in [0.3, 0.4) is 0 Å². The summed E-state index contributed by atoms with van der Waals surface area (Å²) in [6.07, 6.45) is 0. The fraction of sp³-hybridized carbons (Fsp3) is 0.250. The van der Waals surface area contributed by atoms with E-state index in [0.717, 1.165) is 10.9 Å². The smallest absolute Gasteiger partial charge is 0.379 e. The molecule has 0 aliphatic heterocycles. The van der Waals surface area contributed by atoms with Gasteiger partial charge in [-0.2, -0.15) is 0 Å². The van der Waals surface area contributed by atoms with Gasteiger partial charge in [-0.25, -0.2) is 4.79 Å². The highest BCUT2D eigenvalue weighted by Gasteiger charge is 2.11. The molecule has 0 saturated carbocycles. The van der Waals surface area contributed by atoms with E-state index in [4.69, 9.17) is 9.15 Å². The predicted molar refractivity (Wildman–Crippen MR) is 66.5 cm³/mol. The molecule has 0 aliphatic rings. The summed E-state index contributed by atoms with van der Waals surface area (Å²) >= 11 is 3.25. The Bertz CT molecular complexity index is 560. The van der Waals surface area contributed by atoms with Crippen LogP contribution in [0.2, 0.25) is 0 Å². The fourth-order valence-electron chi connectivity index (χ4n) is 1.59. The number of ether oxygens (including phenoxy) is 1. The van der Waals surface area contributed by atoms with Crippen molar-refractivity contribution in [2.45, 2.75) is 6.92 Å². The van der Waals surface area contributed by atoms with Crippen LogP contribution in [0.4, 0.5) is 0 Å². The molecule has 2 aromatic rings. The van der Waals surface area contributed by atoms with Gasteiger partial charge in [-0.05, 0) is 13.0 Å². The Labute approximate surface area is 101 Å². The lowest BCUT2D eigenvalue weighted by molar-refractivity contribution is 0.324. The van der Waals surface area contributed by atoms with Crippen molar-refractivity contribution in [2.24, 2.45) is 0 Å². The largest absolute Gasteiger partial charge is 0.485 e. The van der Waals surface area contributed by atoms with Gasteiger partial charge in [0.05, 0.1) is 6.61 Å². The Morgan fingerprint density at radius 2 is 2.12 bits per heavy atom. The molecule has 0 unspecified atom stereocenters. The van der Waals surface area contributed by atoms with Crippen LogP contribution in [0.25, 0.3) is 11.0 Å². The SMILES string of the molecule is Cc1c(OCCBr)c(=O)oc2ccccc12. The van der Waals surface area contributed by atoms with Gasteiger partial charge in [0.1, 0.15) is 5.58 Å². The Balaban J connectivity index is 2.61. The lowest BCUT2D eigenvalue weighted by atomic mass is 10.1. The number of fused-ring (bicyclic) bond motifs is 1. The standard InChI is InChI=1S/C12H11BrO3/c1-8-9-4-2-3-5-10(9)16-12(14)11(8)15-7-6-13/h2-5H,6-7H2,1H3. The van der Waals surface area contributed by atoms with Crippen LogP contribution in [-0.4, -0.2) is 11.9 Å². The van der Waals surface area contributed by atoms with Crippen molar-refractivity contribution >= 4 is 26.9 Å². The number of alkyl halides is 1. The fourth-order valence-corrected chi connectivity index (χ4v) is 1.76. The van der Waals surface area contributed by atoms with E-state index < -0.39 is 5.63 Å². The molecule has 0 N–H and O–H groups in total. The molecule has 1 aromatic carbocycles. The molecular formula is C12H11BrO3. The van der Waals surface area contributed by atoms with Crippen LogP contribution < -0.4 is 10.4 Å². The maximum atomic E-state index is 11.7. The topological polar surface area (TPSA) is 39.4 Å². The Morgan fingerprint density at radius 3 is 2.88 bits per heavy atom. The van der Waals surface area contributed by atoms with Crippen molar-refractivity contribution in [3.05, 3.63) is 40.2 Å². The van der Waals surface area contributed by atoms with Gasteiger partial charge in [0.15, 0.2) is 0 Å². The first kappa shape index (κ1) is 11.2. The van der Waals surface area contributed by atoms with Gasteiger partial charge in [0.25, 0.3) is 0 Å². The highest BCUT2D eigenvalue weighted by Crippen LogP contribution is 2.23. The van der Waals surface area contributed by atoms with Gasteiger partial charge in [-0.15, -0.1) is 0 Å². The minimum atomic E-state index is -0.419. The lowest BCUT2D eigenvalue weighted by Gasteiger charge is -2.07. The van der Waals surface area contributed by atoms with Crippen molar-refractivity contribution in [3.63, 3.8) is 0 Å². The van der Waals surface area contributed by atoms with Gasteiger partial charge in [-0.3, -0.25) is 0 Å². The first-order valence-electron chi connectivity index (χ1n) is 4.95. The quantitative estimate of drug-likeness (QED) is 0.642. The summed E-state index contributed by atoms with van der Waals surface area (Å²) in [6.45, 7) is 2.31. The van der Waals surface area contributed by atoms with Crippen molar-refractivity contribution in [1.29, 1.82) is 0 Å². The molecule has 0 amide bonds. The first-order chi connectivity index (χ1) is 7.74. The van der Waals surface area contributed by atoms with Crippen LogP contribution in [-0.2, 0) is 0 Å². The van der Waals surface area contributed by atoms with Crippen LogP contribution in [0.1, 0.15) is 5.56 Å². The number of para-hydroxylation sites is 1. The minimum absolute atomic E-state index is 0.304. The van der Waals surface area contributed by atoms with Crippen molar-refractivity contribution < 1.29 is 9.15 Å². The highest BCUT2D eigenvalue weighted by atomic mass is 79.9. The molecule has 3 nitrogen and oxygen atoms in total. The number of hydrogen-bond acceptors (Lipinski definition) is 3. The van der Waals surface area contributed by atoms with E-state index in [1.165, 1.54) is 0 Å². The normalized spacial score (nSPS) is 10.6. The van der Waals surface area contributed by atoms with Crippen LogP contribution in [0.5, 0.6) is 5.75 Å². The summed E-state index contributed by atoms with van der Waals surface area (Å²) in [6, 6.07) is 7.43. The average molecular weight is 283 g/mol. The molecule has 84 valence electrons. The number of hydrogen-bond donors (Lipinski definition) is 0. The second kappa shape index (κ2) is 4.70. The van der Waals surface area contributed by atoms with E-state index in [-0.39, 0.29) is 0 Å². The molecule has 0 saturated heterocycles. The summed E-state index contributed by atoms with van der Waals surface area (Å²) in [5.41, 5.74) is 1.00. The molecule has 1 aromatic heterocycles. The maximum Gasteiger partial charge on any atom is 0.379 e. The summed E-state index contributed by atoms with van der Waals surface area (Å²) in [4.78, 5) is 11.7. The third kappa shape index (κ3) is 1.97. The molecule has 0 aliphatic carbocycles. The number of benzene rings is 1. The second-order valence-electron chi connectivity index (χ2n) is 3.38. The average Bonchev–Trinajstić information content (AvgIpc) is 2.29. The third-order valence-corrected chi connectivity index (χ3v) is 2.67. The van der Waals surface area contributed by atoms with Gasteiger partial charge < -0.3 is 9.15 Å². The zero-order chi connectivity index (χ0) is 11.5. The van der Waals surface area contributed by atoms with Crippen LogP contribution in [0.15, 0.2) is 33.5 Å². The van der Waals surface area contributed by atoms with Crippen molar-refractivity contribution in [3.8, 4) is 5.75 Å². The zero-order valence-electron chi connectivity index (χ0n) is 8.83. The summed E-state index contributed by atoms with van der Waals surface area (Å²) in [5.74, 6) is 0.304. The Hall–Kier alpha value is -1.29. The lowest BCUT2D eigenvalue weighted by Crippen LogP contribution is -2.10. The molecule has 4 heteroatoms. The van der Waals surface area contributed by atoms with E-state index in [1.54, 1.807) is 6.07 Å². The number of rotatable bonds is 3. The van der Waals surface area contributed by atoms with Gasteiger partial charge in [-0.1, -0.05) is 34.1 Å². The van der Waals surface area contributed by atoms with E-state index in [9.17, 15) is 4.79 Å². The van der Waals surface area contributed by atoms with Crippen molar-refractivity contribution in [2.75, 3.05) is 11.9 Å². The van der Waals surface area contributed by atoms with Crippen LogP contribution >= 0.6 is 15.9 Å². The minimum Gasteiger partial charge on any atom is -0.485 e. The Kier molecular flexibility index (Phi) is 3.29. The van der Waals surface area contributed by atoms with E-state index in [2.05, 4.69) is 15.9 Å². The summed E-state index contributed by atoms with van der Waals surface area (Å²) < 4.78 is 10.5. The molecule has 0 spiro atoms. The van der Waals surface area contributed by atoms with Gasteiger partial charge >= 0.3 is 5.63 Å². The molecule has 0 radical (unpaired) electrons. The van der Waals surface area contributed by atoms with E-state index in [0.29, 0.717) is 23.3 Å². The monoisotopic (exact) mass is 282 g/mol. The third-order valence-electron chi connectivity index (χ3n) is 2.34. The molecule has 1 heterocycles. The number of aryl methyl sites for hydroxylation is 1. The van der Waals surface area contributed by atoms with Crippen molar-refractivity contribution in [1.82, 2.24) is 0 Å². The highest BCUT2D eigenvalue weighted by molar-refractivity contribution is 9.09. The molecule has 0 fully saturated rings. The first-order valence-corrected chi connectivity index (χ1v) is 6.07.